The van der Waals surface area contributed by atoms with E-state index in [1.807, 2.05) is 24.3 Å². The van der Waals surface area contributed by atoms with Gasteiger partial charge in [0.1, 0.15) is 5.82 Å². The molecule has 2 N–H and O–H groups in total. The van der Waals surface area contributed by atoms with E-state index in [0.717, 1.165) is 11.4 Å². The van der Waals surface area contributed by atoms with Gasteiger partial charge in [-0.05, 0) is 30.3 Å². The second kappa shape index (κ2) is 5.61. The number of urea groups is 1. The first-order chi connectivity index (χ1) is 10.1. The van der Waals surface area contributed by atoms with Crippen molar-refractivity contribution in [3.8, 4) is 0 Å². The predicted molar refractivity (Wildman–Crippen MR) is 82.7 cm³/mol. The lowest BCUT2D eigenvalue weighted by atomic mass is 10.2. The quantitative estimate of drug-likeness (QED) is 0.838. The first kappa shape index (κ1) is 13.7. The van der Waals surface area contributed by atoms with E-state index in [9.17, 15) is 9.18 Å². The van der Waals surface area contributed by atoms with Crippen LogP contribution < -0.4 is 15.5 Å². The highest BCUT2D eigenvalue weighted by Gasteiger charge is 2.22. The molecule has 2 aromatic rings. The summed E-state index contributed by atoms with van der Waals surface area (Å²) in [6.45, 7) is 1.23. The molecule has 0 aromatic heterocycles. The molecule has 108 valence electrons. The molecule has 0 bridgehead atoms. The Morgan fingerprint density at radius 3 is 2.90 bits per heavy atom. The van der Waals surface area contributed by atoms with Gasteiger partial charge in [-0.15, -0.1) is 0 Å². The van der Waals surface area contributed by atoms with E-state index in [-0.39, 0.29) is 11.1 Å². The third-order valence-corrected chi connectivity index (χ3v) is 3.55. The normalized spacial score (nSPS) is 13.3. The molecule has 0 atom stereocenters. The molecule has 0 saturated carbocycles. The lowest BCUT2D eigenvalue weighted by Gasteiger charge is -2.30. The number of amides is 2. The van der Waals surface area contributed by atoms with Crippen LogP contribution in [-0.2, 0) is 0 Å². The lowest BCUT2D eigenvalue weighted by molar-refractivity contribution is 0.257. The first-order valence-electron chi connectivity index (χ1n) is 6.51. The molecule has 1 heterocycles. The highest BCUT2D eigenvalue weighted by molar-refractivity contribution is 6.31. The van der Waals surface area contributed by atoms with Gasteiger partial charge in [0.25, 0.3) is 0 Å². The summed E-state index contributed by atoms with van der Waals surface area (Å²) in [6.07, 6.45) is 0. The van der Waals surface area contributed by atoms with Crippen molar-refractivity contribution in [3.63, 3.8) is 0 Å². The summed E-state index contributed by atoms with van der Waals surface area (Å²) in [7, 11) is 0. The fourth-order valence-electron chi connectivity index (χ4n) is 2.26. The standard InChI is InChI=1S/C15H13ClFN3O/c16-11-9-10(5-6-12(11)17)19-15(21)20-8-7-18-13-3-1-2-4-14(13)20/h1-6,9,18H,7-8H2,(H,19,21). The van der Waals surface area contributed by atoms with E-state index < -0.39 is 5.82 Å². The Kier molecular flexibility index (Phi) is 3.66. The van der Waals surface area contributed by atoms with Crippen molar-refractivity contribution in [2.75, 3.05) is 28.6 Å². The summed E-state index contributed by atoms with van der Waals surface area (Å²) in [6, 6.07) is 11.4. The van der Waals surface area contributed by atoms with Crippen LogP contribution in [0.15, 0.2) is 42.5 Å². The van der Waals surface area contributed by atoms with Crippen LogP contribution >= 0.6 is 11.6 Å². The smallest absolute Gasteiger partial charge is 0.326 e. The van der Waals surface area contributed by atoms with Gasteiger partial charge in [0.15, 0.2) is 0 Å². The Bertz CT molecular complexity index is 692. The molecule has 0 radical (unpaired) electrons. The van der Waals surface area contributed by atoms with Crippen LogP contribution in [-0.4, -0.2) is 19.1 Å². The Morgan fingerprint density at radius 2 is 2.10 bits per heavy atom. The van der Waals surface area contributed by atoms with E-state index in [1.54, 1.807) is 4.90 Å². The van der Waals surface area contributed by atoms with E-state index in [0.29, 0.717) is 18.8 Å². The molecule has 1 aliphatic rings. The molecule has 4 nitrogen and oxygen atoms in total. The molecule has 2 aromatic carbocycles. The molecule has 2 amide bonds. The zero-order chi connectivity index (χ0) is 14.8. The van der Waals surface area contributed by atoms with Gasteiger partial charge in [-0.25, -0.2) is 9.18 Å². The minimum Gasteiger partial charge on any atom is -0.382 e. The van der Waals surface area contributed by atoms with Crippen molar-refractivity contribution in [1.82, 2.24) is 0 Å². The Labute approximate surface area is 126 Å². The van der Waals surface area contributed by atoms with E-state index in [4.69, 9.17) is 11.6 Å². The average molecular weight is 306 g/mol. The molecule has 0 fully saturated rings. The molecule has 0 aliphatic carbocycles. The maximum absolute atomic E-state index is 13.1. The number of rotatable bonds is 1. The number of hydrogen-bond donors (Lipinski definition) is 2. The van der Waals surface area contributed by atoms with Crippen molar-refractivity contribution >= 4 is 34.7 Å². The van der Waals surface area contributed by atoms with Gasteiger partial charge in [-0.1, -0.05) is 23.7 Å². The SMILES string of the molecule is O=C(Nc1ccc(F)c(Cl)c1)N1CCNc2ccccc21. The highest BCUT2D eigenvalue weighted by atomic mass is 35.5. The maximum atomic E-state index is 13.1. The summed E-state index contributed by atoms with van der Waals surface area (Å²) < 4.78 is 13.1. The van der Waals surface area contributed by atoms with Gasteiger partial charge < -0.3 is 10.6 Å². The Hall–Kier alpha value is -2.27. The van der Waals surface area contributed by atoms with Gasteiger partial charge in [-0.3, -0.25) is 4.90 Å². The molecule has 0 saturated heterocycles. The monoisotopic (exact) mass is 305 g/mol. The highest BCUT2D eigenvalue weighted by Crippen LogP contribution is 2.29. The zero-order valence-corrected chi connectivity index (χ0v) is 11.8. The van der Waals surface area contributed by atoms with Gasteiger partial charge in [0, 0.05) is 18.8 Å². The summed E-state index contributed by atoms with van der Waals surface area (Å²) in [5, 5.41) is 5.94. The summed E-state index contributed by atoms with van der Waals surface area (Å²) in [5.74, 6) is -0.512. The number of nitrogens with zero attached hydrogens (tertiary/aromatic N) is 1. The summed E-state index contributed by atoms with van der Waals surface area (Å²) in [4.78, 5) is 14.0. The number of carbonyl (C=O) groups excluding carboxylic acids is 1. The maximum Gasteiger partial charge on any atom is 0.326 e. The molecule has 0 unspecified atom stereocenters. The topological polar surface area (TPSA) is 44.4 Å². The van der Waals surface area contributed by atoms with Crippen molar-refractivity contribution in [2.45, 2.75) is 0 Å². The van der Waals surface area contributed by atoms with E-state index >= 15 is 0 Å². The number of benzene rings is 2. The number of fused-ring (bicyclic) bond motifs is 1. The molecule has 0 spiro atoms. The van der Waals surface area contributed by atoms with Gasteiger partial charge in [0.05, 0.1) is 16.4 Å². The third-order valence-electron chi connectivity index (χ3n) is 3.26. The molecule has 3 rings (SSSR count). The van der Waals surface area contributed by atoms with E-state index in [1.165, 1.54) is 18.2 Å². The summed E-state index contributed by atoms with van der Waals surface area (Å²) in [5.41, 5.74) is 2.19. The second-order valence-corrected chi connectivity index (χ2v) is 5.06. The number of halogens is 2. The van der Waals surface area contributed by atoms with Crippen molar-refractivity contribution in [3.05, 3.63) is 53.3 Å². The van der Waals surface area contributed by atoms with Crippen molar-refractivity contribution in [2.24, 2.45) is 0 Å². The number of nitrogens with one attached hydrogen (secondary N) is 2. The van der Waals surface area contributed by atoms with Crippen LogP contribution in [0, 0.1) is 5.82 Å². The zero-order valence-electron chi connectivity index (χ0n) is 11.1. The van der Waals surface area contributed by atoms with Gasteiger partial charge >= 0.3 is 6.03 Å². The number of anilines is 3. The Morgan fingerprint density at radius 1 is 1.29 bits per heavy atom. The molecule has 6 heteroatoms. The van der Waals surface area contributed by atoms with Crippen molar-refractivity contribution < 1.29 is 9.18 Å². The van der Waals surface area contributed by atoms with Crippen LogP contribution in [0.3, 0.4) is 0 Å². The minimum absolute atomic E-state index is 0.0199. The predicted octanol–water partition coefficient (Wildman–Crippen LogP) is 3.94. The van der Waals surface area contributed by atoms with Crippen LogP contribution in [0.25, 0.3) is 0 Å². The van der Waals surface area contributed by atoms with Crippen LogP contribution in [0.5, 0.6) is 0 Å². The molecule has 21 heavy (non-hydrogen) atoms. The summed E-state index contributed by atoms with van der Waals surface area (Å²) >= 11 is 5.71. The number of hydrogen-bond acceptors (Lipinski definition) is 2. The average Bonchev–Trinajstić information content (AvgIpc) is 2.50. The number of para-hydroxylation sites is 2. The fraction of sp³-hybridized carbons (Fsp3) is 0.133. The molecular formula is C15H13ClFN3O. The minimum atomic E-state index is -0.512. The molecule has 1 aliphatic heterocycles. The second-order valence-electron chi connectivity index (χ2n) is 4.65. The van der Waals surface area contributed by atoms with Crippen LogP contribution in [0.2, 0.25) is 5.02 Å². The largest absolute Gasteiger partial charge is 0.382 e. The lowest BCUT2D eigenvalue weighted by Crippen LogP contribution is -2.41. The van der Waals surface area contributed by atoms with E-state index in [2.05, 4.69) is 10.6 Å². The Balaban J connectivity index is 1.81. The molecular weight excluding hydrogens is 293 g/mol. The van der Waals surface area contributed by atoms with Crippen molar-refractivity contribution in [1.29, 1.82) is 0 Å². The fourth-order valence-corrected chi connectivity index (χ4v) is 2.44. The number of carbonyl (C=O) groups is 1. The third kappa shape index (κ3) is 2.78. The van der Waals surface area contributed by atoms with Crippen LogP contribution in [0.4, 0.5) is 26.2 Å². The first-order valence-corrected chi connectivity index (χ1v) is 6.89. The van der Waals surface area contributed by atoms with Crippen LogP contribution in [0.1, 0.15) is 0 Å². The van der Waals surface area contributed by atoms with Gasteiger partial charge in [0.2, 0.25) is 0 Å². The van der Waals surface area contributed by atoms with Gasteiger partial charge in [-0.2, -0.15) is 0 Å².